The van der Waals surface area contributed by atoms with Gasteiger partial charge < -0.3 is 10.5 Å². The van der Waals surface area contributed by atoms with Crippen molar-refractivity contribution in [1.29, 1.82) is 0 Å². The Hall–Kier alpha value is -0.930. The van der Waals surface area contributed by atoms with E-state index < -0.39 is 0 Å². The fourth-order valence-electron chi connectivity index (χ4n) is 2.63. The van der Waals surface area contributed by atoms with Crippen LogP contribution in [-0.4, -0.2) is 11.1 Å². The van der Waals surface area contributed by atoms with Crippen LogP contribution in [0.2, 0.25) is 0 Å². The van der Waals surface area contributed by atoms with E-state index in [9.17, 15) is 0 Å². The van der Waals surface area contributed by atoms with Crippen LogP contribution in [-0.2, 0) is 11.3 Å². The fraction of sp³-hybridized carbons (Fsp3) is 0.562. The van der Waals surface area contributed by atoms with Gasteiger partial charge in [-0.2, -0.15) is 0 Å². The van der Waals surface area contributed by atoms with Crippen molar-refractivity contribution < 1.29 is 4.74 Å². The summed E-state index contributed by atoms with van der Waals surface area (Å²) in [6.07, 6.45) is 5.18. The molecule has 0 unspecified atom stereocenters. The molecule has 0 heterocycles. The third kappa shape index (κ3) is 4.02. The predicted octanol–water partition coefficient (Wildman–Crippen LogP) is 3.81. The lowest BCUT2D eigenvalue weighted by molar-refractivity contribution is -0.00562. The SMILES string of the molecule is CC1(C)CCC(OCc2ccccc2C(N)=S)CC1. The second kappa shape index (κ2) is 6.02. The summed E-state index contributed by atoms with van der Waals surface area (Å²) in [7, 11) is 0. The largest absolute Gasteiger partial charge is 0.389 e. The fourth-order valence-corrected chi connectivity index (χ4v) is 2.83. The summed E-state index contributed by atoms with van der Waals surface area (Å²) < 4.78 is 6.04. The molecule has 0 bridgehead atoms. The van der Waals surface area contributed by atoms with Crippen molar-refractivity contribution in [2.45, 2.75) is 52.2 Å². The molecule has 1 saturated carbocycles. The first-order valence-corrected chi connectivity index (χ1v) is 7.38. The van der Waals surface area contributed by atoms with Gasteiger partial charge in [0.25, 0.3) is 0 Å². The van der Waals surface area contributed by atoms with Gasteiger partial charge in [-0.25, -0.2) is 0 Å². The van der Waals surface area contributed by atoms with Crippen LogP contribution in [0.5, 0.6) is 0 Å². The maximum absolute atomic E-state index is 6.04. The summed E-state index contributed by atoms with van der Waals surface area (Å²) in [5, 5.41) is 0. The summed E-state index contributed by atoms with van der Waals surface area (Å²) in [5.74, 6) is 0. The molecular weight excluding hydrogens is 254 g/mol. The smallest absolute Gasteiger partial charge is 0.104 e. The number of benzene rings is 1. The van der Waals surface area contributed by atoms with Gasteiger partial charge in [-0.05, 0) is 36.7 Å². The highest BCUT2D eigenvalue weighted by Gasteiger charge is 2.27. The quantitative estimate of drug-likeness (QED) is 0.850. The van der Waals surface area contributed by atoms with E-state index in [2.05, 4.69) is 13.8 Å². The van der Waals surface area contributed by atoms with E-state index in [4.69, 9.17) is 22.7 Å². The standard InChI is InChI=1S/C16H23NOS/c1-16(2)9-7-13(8-10-16)18-11-12-5-3-4-6-14(12)15(17)19/h3-6,13H,7-11H2,1-2H3,(H2,17,19). The van der Waals surface area contributed by atoms with E-state index in [1.165, 1.54) is 12.8 Å². The molecule has 19 heavy (non-hydrogen) atoms. The lowest BCUT2D eigenvalue weighted by Gasteiger charge is -2.34. The van der Waals surface area contributed by atoms with Crippen LogP contribution in [0.4, 0.5) is 0 Å². The first-order valence-electron chi connectivity index (χ1n) is 6.97. The van der Waals surface area contributed by atoms with Gasteiger partial charge in [0.1, 0.15) is 4.99 Å². The highest BCUT2D eigenvalue weighted by molar-refractivity contribution is 7.80. The second-order valence-electron chi connectivity index (χ2n) is 6.20. The molecule has 0 amide bonds. The molecule has 0 radical (unpaired) electrons. The maximum Gasteiger partial charge on any atom is 0.104 e. The van der Waals surface area contributed by atoms with Crippen molar-refractivity contribution in [1.82, 2.24) is 0 Å². The van der Waals surface area contributed by atoms with E-state index >= 15 is 0 Å². The van der Waals surface area contributed by atoms with Gasteiger partial charge in [-0.15, -0.1) is 0 Å². The van der Waals surface area contributed by atoms with Crippen LogP contribution >= 0.6 is 12.2 Å². The summed E-state index contributed by atoms with van der Waals surface area (Å²) in [4.78, 5) is 0.448. The second-order valence-corrected chi connectivity index (χ2v) is 6.64. The summed E-state index contributed by atoms with van der Waals surface area (Å²) in [6.45, 7) is 5.29. The first kappa shape index (κ1) is 14.5. The number of ether oxygens (including phenoxy) is 1. The van der Waals surface area contributed by atoms with Crippen LogP contribution in [0, 0.1) is 5.41 Å². The monoisotopic (exact) mass is 277 g/mol. The molecule has 2 nitrogen and oxygen atoms in total. The van der Waals surface area contributed by atoms with E-state index in [1.54, 1.807) is 0 Å². The predicted molar refractivity (Wildman–Crippen MR) is 83.2 cm³/mol. The van der Waals surface area contributed by atoms with Gasteiger partial charge in [0.15, 0.2) is 0 Å². The highest BCUT2D eigenvalue weighted by Crippen LogP contribution is 2.36. The molecular formula is C16H23NOS. The van der Waals surface area contributed by atoms with Crippen LogP contribution in [0.3, 0.4) is 0 Å². The molecule has 1 aliphatic rings. The summed E-state index contributed by atoms with van der Waals surface area (Å²) in [5.41, 5.74) is 8.25. The first-order chi connectivity index (χ1) is 8.98. The van der Waals surface area contributed by atoms with E-state index in [0.29, 0.717) is 23.1 Å². The van der Waals surface area contributed by atoms with Gasteiger partial charge in [0.05, 0.1) is 12.7 Å². The number of rotatable bonds is 4. The molecule has 0 spiro atoms. The normalized spacial score (nSPS) is 19.3. The Balaban J connectivity index is 1.91. The number of thiocarbonyl (C=S) groups is 1. The topological polar surface area (TPSA) is 35.2 Å². The number of hydrogen-bond acceptors (Lipinski definition) is 2. The molecule has 3 heteroatoms. The van der Waals surface area contributed by atoms with Crippen molar-refractivity contribution in [2.24, 2.45) is 11.1 Å². The zero-order valence-electron chi connectivity index (χ0n) is 11.8. The Morgan fingerprint density at radius 2 is 1.95 bits per heavy atom. The van der Waals surface area contributed by atoms with Crippen molar-refractivity contribution in [2.75, 3.05) is 0 Å². The minimum absolute atomic E-state index is 0.382. The Morgan fingerprint density at radius 1 is 1.32 bits per heavy atom. The zero-order chi connectivity index (χ0) is 13.9. The molecule has 2 N–H and O–H groups in total. The van der Waals surface area contributed by atoms with Crippen molar-refractivity contribution in [3.63, 3.8) is 0 Å². The van der Waals surface area contributed by atoms with Gasteiger partial charge >= 0.3 is 0 Å². The van der Waals surface area contributed by atoms with Gasteiger partial charge in [-0.1, -0.05) is 50.3 Å². The van der Waals surface area contributed by atoms with Gasteiger partial charge in [0.2, 0.25) is 0 Å². The van der Waals surface area contributed by atoms with E-state index in [0.717, 1.165) is 24.0 Å². The Morgan fingerprint density at radius 3 is 2.58 bits per heavy atom. The third-order valence-electron chi connectivity index (χ3n) is 4.04. The van der Waals surface area contributed by atoms with Gasteiger partial charge in [-0.3, -0.25) is 0 Å². The maximum atomic E-state index is 6.04. The van der Waals surface area contributed by atoms with Crippen LogP contribution in [0.25, 0.3) is 0 Å². The summed E-state index contributed by atoms with van der Waals surface area (Å²) >= 11 is 5.07. The van der Waals surface area contributed by atoms with Crippen LogP contribution < -0.4 is 5.73 Å². The molecule has 104 valence electrons. The molecule has 0 atom stereocenters. The van der Waals surface area contributed by atoms with Crippen LogP contribution in [0.15, 0.2) is 24.3 Å². The molecule has 1 aromatic carbocycles. The average Bonchev–Trinajstić information content (AvgIpc) is 2.38. The third-order valence-corrected chi connectivity index (χ3v) is 4.26. The number of hydrogen-bond donors (Lipinski definition) is 1. The van der Waals surface area contributed by atoms with E-state index in [1.807, 2.05) is 24.3 Å². The van der Waals surface area contributed by atoms with E-state index in [-0.39, 0.29) is 0 Å². The van der Waals surface area contributed by atoms with Crippen molar-refractivity contribution in [3.8, 4) is 0 Å². The summed E-state index contributed by atoms with van der Waals surface area (Å²) in [6, 6.07) is 7.97. The molecule has 0 aromatic heterocycles. The highest BCUT2D eigenvalue weighted by atomic mass is 32.1. The van der Waals surface area contributed by atoms with Crippen molar-refractivity contribution in [3.05, 3.63) is 35.4 Å². The van der Waals surface area contributed by atoms with Crippen LogP contribution in [0.1, 0.15) is 50.7 Å². The Labute approximate surface area is 121 Å². The number of nitrogens with two attached hydrogens (primary N) is 1. The minimum Gasteiger partial charge on any atom is -0.389 e. The molecule has 2 rings (SSSR count). The van der Waals surface area contributed by atoms with Gasteiger partial charge in [0, 0.05) is 5.56 Å². The molecule has 0 saturated heterocycles. The average molecular weight is 277 g/mol. The molecule has 1 aromatic rings. The minimum atomic E-state index is 0.382. The lowest BCUT2D eigenvalue weighted by Crippen LogP contribution is -2.26. The zero-order valence-corrected chi connectivity index (χ0v) is 12.6. The molecule has 0 aliphatic heterocycles. The lowest BCUT2D eigenvalue weighted by atomic mass is 9.76. The Bertz CT molecular complexity index is 446. The molecule has 1 aliphatic carbocycles. The Kier molecular flexibility index (Phi) is 4.58. The van der Waals surface area contributed by atoms with Crippen molar-refractivity contribution >= 4 is 17.2 Å². The molecule has 1 fully saturated rings.